The summed E-state index contributed by atoms with van der Waals surface area (Å²) in [6.45, 7) is 0.763. The van der Waals surface area contributed by atoms with Crippen molar-refractivity contribution in [1.82, 2.24) is 10.2 Å². The first-order valence-corrected chi connectivity index (χ1v) is 4.10. The van der Waals surface area contributed by atoms with Crippen LogP contribution in [-0.4, -0.2) is 36.4 Å². The number of nitrogens with two attached hydrogens (primary N) is 2. The molecule has 0 bridgehead atoms. The van der Waals surface area contributed by atoms with Crippen molar-refractivity contribution in [2.75, 3.05) is 13.1 Å². The topological polar surface area (TPSA) is 125 Å². The van der Waals surface area contributed by atoms with Crippen LogP contribution in [0.5, 0.6) is 0 Å². The van der Waals surface area contributed by atoms with Gasteiger partial charge in [-0.1, -0.05) is 0 Å². The Hall–Kier alpha value is -1.79. The van der Waals surface area contributed by atoms with Gasteiger partial charge in [0.1, 0.15) is 0 Å². The average molecular weight is 200 g/mol. The van der Waals surface area contributed by atoms with E-state index >= 15 is 0 Å². The van der Waals surface area contributed by atoms with E-state index in [0.717, 1.165) is 4.90 Å². The van der Waals surface area contributed by atoms with Crippen molar-refractivity contribution in [2.24, 2.45) is 11.5 Å². The normalized spacial score (nSPS) is 9.14. The molecule has 3 amide bonds. The first kappa shape index (κ1) is 12.2. The molecule has 0 aliphatic rings. The second kappa shape index (κ2) is 6.70. The SMILES string of the molecule is N=C(N)NCCCCN([C]=O)C(N)=O. The number of nitrogens with zero attached hydrogens (tertiary/aromatic N) is 1. The van der Waals surface area contributed by atoms with Crippen LogP contribution < -0.4 is 16.8 Å². The number of rotatable bonds is 6. The number of carbonyl (C=O) groups is 1. The lowest BCUT2D eigenvalue weighted by Crippen LogP contribution is -2.36. The number of guanidine groups is 1. The van der Waals surface area contributed by atoms with Crippen LogP contribution in [0.2, 0.25) is 0 Å². The number of unbranched alkanes of at least 4 members (excludes halogenated alkanes) is 1. The monoisotopic (exact) mass is 200 g/mol. The Morgan fingerprint density at radius 3 is 2.50 bits per heavy atom. The molecule has 6 N–H and O–H groups in total. The van der Waals surface area contributed by atoms with E-state index < -0.39 is 6.03 Å². The molecule has 0 aliphatic heterocycles. The lowest BCUT2D eigenvalue weighted by Gasteiger charge is -2.10. The van der Waals surface area contributed by atoms with Gasteiger partial charge in [0.05, 0.1) is 0 Å². The van der Waals surface area contributed by atoms with E-state index in [1.54, 1.807) is 0 Å². The molecule has 14 heavy (non-hydrogen) atoms. The first-order valence-electron chi connectivity index (χ1n) is 4.10. The van der Waals surface area contributed by atoms with Gasteiger partial charge >= 0.3 is 12.4 Å². The molecule has 0 atom stereocenters. The Bertz CT molecular complexity index is 218. The summed E-state index contributed by atoms with van der Waals surface area (Å²) in [5.41, 5.74) is 9.90. The molecular formula is C7H14N5O2. The van der Waals surface area contributed by atoms with Crippen LogP contribution in [0.3, 0.4) is 0 Å². The van der Waals surface area contributed by atoms with Crippen molar-refractivity contribution in [3.8, 4) is 0 Å². The van der Waals surface area contributed by atoms with Crippen molar-refractivity contribution < 1.29 is 9.59 Å². The molecule has 1 radical (unpaired) electrons. The maximum absolute atomic E-state index is 10.5. The number of imide groups is 1. The zero-order valence-electron chi connectivity index (χ0n) is 7.75. The minimum Gasteiger partial charge on any atom is -0.370 e. The van der Waals surface area contributed by atoms with E-state index in [0.29, 0.717) is 19.4 Å². The molecule has 0 heterocycles. The van der Waals surface area contributed by atoms with Crippen molar-refractivity contribution in [2.45, 2.75) is 12.8 Å². The molecular weight excluding hydrogens is 186 g/mol. The second-order valence-corrected chi connectivity index (χ2v) is 2.63. The molecule has 0 fully saturated rings. The smallest absolute Gasteiger partial charge is 0.321 e. The third-order valence-electron chi connectivity index (χ3n) is 1.50. The molecule has 0 unspecified atom stereocenters. The molecule has 0 aromatic carbocycles. The van der Waals surface area contributed by atoms with Crippen LogP contribution in [0.15, 0.2) is 0 Å². The Morgan fingerprint density at radius 2 is 2.07 bits per heavy atom. The van der Waals surface area contributed by atoms with Crippen LogP contribution in [0.4, 0.5) is 4.79 Å². The van der Waals surface area contributed by atoms with Crippen LogP contribution in [0, 0.1) is 5.41 Å². The summed E-state index contributed by atoms with van der Waals surface area (Å²) in [7, 11) is 0. The van der Waals surface area contributed by atoms with E-state index in [4.69, 9.17) is 16.9 Å². The molecule has 0 saturated carbocycles. The highest BCUT2D eigenvalue weighted by Crippen LogP contribution is 1.91. The number of primary amides is 1. The molecule has 0 spiro atoms. The van der Waals surface area contributed by atoms with Gasteiger partial charge < -0.3 is 16.8 Å². The lowest BCUT2D eigenvalue weighted by atomic mass is 10.3. The van der Waals surface area contributed by atoms with Crippen molar-refractivity contribution in [3.05, 3.63) is 0 Å². The predicted octanol–water partition coefficient (Wildman–Crippen LogP) is -1.30. The standard InChI is InChI=1S/C7H14N5O2/c8-6(9)11-3-1-2-4-12(5-13)7(10)14/h1-4H2,(H2,10,14)(H4,8,9,11). The Morgan fingerprint density at radius 1 is 1.43 bits per heavy atom. The average Bonchev–Trinajstić information content (AvgIpc) is 2.10. The van der Waals surface area contributed by atoms with Crippen molar-refractivity contribution in [1.29, 1.82) is 5.41 Å². The summed E-state index contributed by atoms with van der Waals surface area (Å²) in [5.74, 6) is -0.0984. The quantitative estimate of drug-likeness (QED) is 0.184. The van der Waals surface area contributed by atoms with E-state index in [2.05, 4.69) is 5.32 Å². The number of hydrogen-bond acceptors (Lipinski definition) is 3. The van der Waals surface area contributed by atoms with Crippen LogP contribution in [-0.2, 0) is 4.79 Å². The minimum absolute atomic E-state index is 0.0984. The fraction of sp³-hybridized carbons (Fsp3) is 0.571. The second-order valence-electron chi connectivity index (χ2n) is 2.63. The number of carbonyl (C=O) groups excluding carboxylic acids is 2. The van der Waals surface area contributed by atoms with Gasteiger partial charge in [0.25, 0.3) is 0 Å². The molecule has 79 valence electrons. The molecule has 0 aromatic rings. The van der Waals surface area contributed by atoms with Gasteiger partial charge in [-0.3, -0.25) is 15.1 Å². The zero-order valence-corrected chi connectivity index (χ0v) is 7.75. The molecule has 7 nitrogen and oxygen atoms in total. The van der Waals surface area contributed by atoms with Gasteiger partial charge in [0.15, 0.2) is 5.96 Å². The molecule has 0 aliphatic carbocycles. The van der Waals surface area contributed by atoms with Crippen LogP contribution in [0.25, 0.3) is 0 Å². The highest BCUT2D eigenvalue weighted by Gasteiger charge is 2.07. The Balaban J connectivity index is 3.47. The Labute approximate surface area is 81.9 Å². The highest BCUT2D eigenvalue weighted by molar-refractivity contribution is 5.83. The van der Waals surface area contributed by atoms with Gasteiger partial charge in [0.2, 0.25) is 0 Å². The van der Waals surface area contributed by atoms with Crippen molar-refractivity contribution in [3.63, 3.8) is 0 Å². The molecule has 0 aromatic heterocycles. The maximum Gasteiger partial charge on any atom is 0.321 e. The maximum atomic E-state index is 10.5. The van der Waals surface area contributed by atoms with E-state index in [9.17, 15) is 9.59 Å². The summed E-state index contributed by atoms with van der Waals surface area (Å²) in [4.78, 5) is 21.4. The summed E-state index contributed by atoms with van der Waals surface area (Å²) in [6.07, 6.45) is 2.70. The third kappa shape index (κ3) is 5.81. The van der Waals surface area contributed by atoms with Gasteiger partial charge in [-0.25, -0.2) is 4.79 Å². The molecule has 0 saturated heterocycles. The van der Waals surface area contributed by atoms with E-state index in [-0.39, 0.29) is 12.5 Å². The number of amides is 3. The fourth-order valence-electron chi connectivity index (χ4n) is 0.819. The highest BCUT2D eigenvalue weighted by atomic mass is 16.2. The Kier molecular flexibility index (Phi) is 5.84. The predicted molar refractivity (Wildman–Crippen MR) is 51.1 cm³/mol. The minimum atomic E-state index is -0.806. The van der Waals surface area contributed by atoms with E-state index in [1.165, 1.54) is 6.41 Å². The summed E-state index contributed by atoms with van der Waals surface area (Å²) in [5, 5.41) is 9.43. The fourth-order valence-corrected chi connectivity index (χ4v) is 0.819. The molecule has 7 heteroatoms. The largest absolute Gasteiger partial charge is 0.370 e. The van der Waals surface area contributed by atoms with Gasteiger partial charge in [-0.2, -0.15) is 0 Å². The van der Waals surface area contributed by atoms with Gasteiger partial charge in [-0.05, 0) is 12.8 Å². The number of nitrogens with one attached hydrogen (secondary N) is 2. The number of urea groups is 1. The van der Waals surface area contributed by atoms with E-state index in [1.807, 2.05) is 0 Å². The first-order chi connectivity index (χ1) is 6.57. The zero-order chi connectivity index (χ0) is 11.0. The van der Waals surface area contributed by atoms with Crippen molar-refractivity contribution >= 4 is 18.4 Å². The number of hydrogen-bond donors (Lipinski definition) is 4. The summed E-state index contributed by atoms with van der Waals surface area (Å²) < 4.78 is 0. The van der Waals surface area contributed by atoms with Gasteiger partial charge in [-0.15, -0.1) is 0 Å². The summed E-state index contributed by atoms with van der Waals surface area (Å²) in [6, 6.07) is -0.806. The van der Waals surface area contributed by atoms with Crippen LogP contribution >= 0.6 is 0 Å². The van der Waals surface area contributed by atoms with Gasteiger partial charge in [0, 0.05) is 13.1 Å². The lowest BCUT2D eigenvalue weighted by molar-refractivity contribution is 0.227. The third-order valence-corrected chi connectivity index (χ3v) is 1.50. The van der Waals surface area contributed by atoms with Crippen LogP contribution in [0.1, 0.15) is 12.8 Å². The molecule has 0 rings (SSSR count). The summed E-state index contributed by atoms with van der Waals surface area (Å²) >= 11 is 0.